The van der Waals surface area contributed by atoms with Gasteiger partial charge in [0.15, 0.2) is 5.69 Å². The number of amides is 3. The number of anilines is 3. The van der Waals surface area contributed by atoms with E-state index in [1.54, 1.807) is 30.3 Å². The van der Waals surface area contributed by atoms with Crippen molar-refractivity contribution in [2.45, 2.75) is 12.8 Å². The maximum absolute atomic E-state index is 14.5. The van der Waals surface area contributed by atoms with Crippen molar-refractivity contribution >= 4 is 34.8 Å². The van der Waals surface area contributed by atoms with Crippen molar-refractivity contribution in [2.24, 2.45) is 0 Å². The minimum Gasteiger partial charge on any atom is -0.371 e. The quantitative estimate of drug-likeness (QED) is 0.460. The lowest BCUT2D eigenvalue weighted by molar-refractivity contribution is 0.0943. The molecule has 10 heteroatoms. The second-order valence-corrected chi connectivity index (χ2v) is 7.55. The van der Waals surface area contributed by atoms with E-state index in [9.17, 15) is 18.8 Å². The minimum atomic E-state index is -0.577. The first-order valence-electron chi connectivity index (χ1n) is 10.5. The monoisotopic (exact) mass is 450 g/mol. The second kappa shape index (κ2) is 9.51. The maximum Gasteiger partial charge on any atom is 0.276 e. The molecule has 0 atom stereocenters. The normalized spacial score (nSPS) is 13.0. The predicted octanol–water partition coefficient (Wildman–Crippen LogP) is 3.01. The fourth-order valence-electron chi connectivity index (χ4n) is 3.65. The first-order valence-corrected chi connectivity index (χ1v) is 10.5. The van der Waals surface area contributed by atoms with E-state index in [1.165, 1.54) is 25.5 Å². The summed E-state index contributed by atoms with van der Waals surface area (Å²) in [6.45, 7) is 1.78. The molecule has 0 aliphatic carbocycles. The first-order chi connectivity index (χ1) is 16.0. The van der Waals surface area contributed by atoms with E-state index in [2.05, 4.69) is 30.8 Å². The van der Waals surface area contributed by atoms with Gasteiger partial charge in [0.1, 0.15) is 11.5 Å². The Morgan fingerprint density at radius 2 is 1.58 bits per heavy atom. The van der Waals surface area contributed by atoms with E-state index in [4.69, 9.17) is 0 Å². The predicted molar refractivity (Wildman–Crippen MR) is 122 cm³/mol. The Balaban J connectivity index is 1.39. The standard InChI is InChI=1S/C23H23FN6O3/c1-25-22(32)19-20(27-13-26-19)23(33)29-15-6-4-14(5-7-15)28-21(31)17-9-8-16(12-18(17)24)30-10-2-3-11-30/h4-9,12-13H,2-3,10-11H2,1H3,(H,25,32)(H,26,27)(H,28,31)(H,29,33). The zero-order valence-electron chi connectivity index (χ0n) is 17.9. The van der Waals surface area contributed by atoms with Gasteiger partial charge in [0.2, 0.25) is 0 Å². The van der Waals surface area contributed by atoms with E-state index in [0.717, 1.165) is 31.6 Å². The SMILES string of the molecule is CNC(=O)c1[nH]cnc1C(=O)Nc1ccc(NC(=O)c2ccc(N3CCCC3)cc2F)cc1. The van der Waals surface area contributed by atoms with Gasteiger partial charge in [0.25, 0.3) is 17.7 Å². The van der Waals surface area contributed by atoms with Gasteiger partial charge in [-0.2, -0.15) is 0 Å². The van der Waals surface area contributed by atoms with E-state index in [0.29, 0.717) is 11.4 Å². The molecular weight excluding hydrogens is 427 g/mol. The van der Waals surface area contributed by atoms with Crippen LogP contribution in [0.5, 0.6) is 0 Å². The molecule has 1 aliphatic heterocycles. The number of nitrogens with one attached hydrogen (secondary N) is 4. The molecule has 1 fully saturated rings. The van der Waals surface area contributed by atoms with Crippen molar-refractivity contribution in [1.82, 2.24) is 15.3 Å². The molecule has 0 spiro atoms. The molecular formula is C23H23FN6O3. The highest BCUT2D eigenvalue weighted by Crippen LogP contribution is 2.23. The van der Waals surface area contributed by atoms with Crippen LogP contribution in [0.25, 0.3) is 0 Å². The lowest BCUT2D eigenvalue weighted by Crippen LogP contribution is -2.23. The number of hydrogen-bond donors (Lipinski definition) is 4. The lowest BCUT2D eigenvalue weighted by Gasteiger charge is -2.18. The van der Waals surface area contributed by atoms with E-state index in [1.807, 2.05) is 0 Å². The summed E-state index contributed by atoms with van der Waals surface area (Å²) < 4.78 is 14.5. The Morgan fingerprint density at radius 3 is 2.18 bits per heavy atom. The van der Waals surface area contributed by atoms with Gasteiger partial charge in [0, 0.05) is 37.2 Å². The highest BCUT2D eigenvalue weighted by Gasteiger charge is 2.20. The Morgan fingerprint density at radius 1 is 0.939 bits per heavy atom. The molecule has 0 unspecified atom stereocenters. The van der Waals surface area contributed by atoms with Crippen LogP contribution in [-0.4, -0.2) is 47.8 Å². The average Bonchev–Trinajstić information content (AvgIpc) is 3.52. The average molecular weight is 450 g/mol. The molecule has 0 bridgehead atoms. The number of carbonyl (C=O) groups is 3. The number of rotatable bonds is 6. The van der Waals surface area contributed by atoms with Gasteiger partial charge in [-0.05, 0) is 55.3 Å². The van der Waals surface area contributed by atoms with Crippen LogP contribution in [0, 0.1) is 5.82 Å². The molecule has 2 heterocycles. The molecule has 4 rings (SSSR count). The third-order valence-electron chi connectivity index (χ3n) is 5.38. The van der Waals surface area contributed by atoms with Gasteiger partial charge in [-0.3, -0.25) is 14.4 Å². The first kappa shape index (κ1) is 22.0. The minimum absolute atomic E-state index is 0.0421. The Hall–Kier alpha value is -4.21. The van der Waals surface area contributed by atoms with Crippen LogP contribution in [0.2, 0.25) is 0 Å². The Kier molecular flexibility index (Phi) is 6.34. The van der Waals surface area contributed by atoms with Crippen molar-refractivity contribution in [3.05, 3.63) is 71.6 Å². The van der Waals surface area contributed by atoms with Crippen LogP contribution < -0.4 is 20.9 Å². The number of carbonyl (C=O) groups excluding carboxylic acids is 3. The molecule has 2 aromatic carbocycles. The summed E-state index contributed by atoms with van der Waals surface area (Å²) in [5, 5.41) is 7.72. The zero-order valence-corrected chi connectivity index (χ0v) is 17.9. The second-order valence-electron chi connectivity index (χ2n) is 7.55. The number of imidazole rings is 1. The number of nitrogens with zero attached hydrogens (tertiary/aromatic N) is 2. The lowest BCUT2D eigenvalue weighted by atomic mass is 10.1. The van der Waals surface area contributed by atoms with Crippen LogP contribution in [-0.2, 0) is 0 Å². The highest BCUT2D eigenvalue weighted by molar-refractivity contribution is 6.10. The molecule has 33 heavy (non-hydrogen) atoms. The molecule has 3 amide bonds. The summed E-state index contributed by atoms with van der Waals surface area (Å²) in [6.07, 6.45) is 3.42. The number of aromatic nitrogens is 2. The fourth-order valence-corrected chi connectivity index (χ4v) is 3.65. The topological polar surface area (TPSA) is 119 Å². The van der Waals surface area contributed by atoms with Crippen LogP contribution in [0.1, 0.15) is 44.2 Å². The summed E-state index contributed by atoms with van der Waals surface area (Å²) in [4.78, 5) is 45.4. The summed E-state index contributed by atoms with van der Waals surface area (Å²) in [5.74, 6) is -2.17. The number of aromatic amines is 1. The third kappa shape index (κ3) is 4.84. The summed E-state index contributed by atoms with van der Waals surface area (Å²) in [6, 6.07) is 10.9. The van der Waals surface area contributed by atoms with Crippen molar-refractivity contribution < 1.29 is 18.8 Å². The molecule has 4 N–H and O–H groups in total. The van der Waals surface area contributed by atoms with E-state index in [-0.39, 0.29) is 17.0 Å². The Bertz CT molecular complexity index is 1190. The molecule has 1 aliphatic rings. The van der Waals surface area contributed by atoms with E-state index >= 15 is 0 Å². The van der Waals surface area contributed by atoms with Crippen molar-refractivity contribution in [2.75, 3.05) is 35.7 Å². The Labute approximate surface area is 189 Å². The van der Waals surface area contributed by atoms with E-state index < -0.39 is 23.5 Å². The number of hydrogen-bond acceptors (Lipinski definition) is 5. The maximum atomic E-state index is 14.5. The molecule has 0 saturated carbocycles. The molecule has 170 valence electrons. The zero-order chi connectivity index (χ0) is 23.4. The van der Waals surface area contributed by atoms with Crippen LogP contribution in [0.4, 0.5) is 21.5 Å². The van der Waals surface area contributed by atoms with Crippen molar-refractivity contribution in [3.8, 4) is 0 Å². The molecule has 0 radical (unpaired) electrons. The van der Waals surface area contributed by atoms with Gasteiger partial charge in [-0.25, -0.2) is 9.37 Å². The summed E-state index contributed by atoms with van der Waals surface area (Å²) in [5.41, 5.74) is 1.61. The summed E-state index contributed by atoms with van der Waals surface area (Å²) in [7, 11) is 1.45. The fraction of sp³-hybridized carbons (Fsp3) is 0.217. The molecule has 3 aromatic rings. The number of H-pyrrole nitrogens is 1. The number of halogens is 1. The number of benzene rings is 2. The molecule has 9 nitrogen and oxygen atoms in total. The van der Waals surface area contributed by atoms with Crippen LogP contribution in [0.3, 0.4) is 0 Å². The van der Waals surface area contributed by atoms with Crippen molar-refractivity contribution in [3.63, 3.8) is 0 Å². The summed E-state index contributed by atoms with van der Waals surface area (Å²) >= 11 is 0. The van der Waals surface area contributed by atoms with Crippen molar-refractivity contribution in [1.29, 1.82) is 0 Å². The van der Waals surface area contributed by atoms with Gasteiger partial charge >= 0.3 is 0 Å². The highest BCUT2D eigenvalue weighted by atomic mass is 19.1. The van der Waals surface area contributed by atoms with Gasteiger partial charge in [-0.15, -0.1) is 0 Å². The van der Waals surface area contributed by atoms with Gasteiger partial charge < -0.3 is 25.8 Å². The van der Waals surface area contributed by atoms with Gasteiger partial charge in [-0.1, -0.05) is 0 Å². The molecule has 1 saturated heterocycles. The van der Waals surface area contributed by atoms with Crippen LogP contribution in [0.15, 0.2) is 48.8 Å². The molecule has 1 aromatic heterocycles. The van der Waals surface area contributed by atoms with Crippen LogP contribution >= 0.6 is 0 Å². The largest absolute Gasteiger partial charge is 0.371 e. The smallest absolute Gasteiger partial charge is 0.276 e. The van der Waals surface area contributed by atoms with Gasteiger partial charge in [0.05, 0.1) is 11.9 Å². The third-order valence-corrected chi connectivity index (χ3v) is 5.38.